The summed E-state index contributed by atoms with van der Waals surface area (Å²) in [5, 5.41) is 5.88. The average molecular weight is 466 g/mol. The lowest BCUT2D eigenvalue weighted by molar-refractivity contribution is -0.140. The number of rotatable bonds is 4. The van der Waals surface area contributed by atoms with Gasteiger partial charge in [-0.25, -0.2) is 9.18 Å². The zero-order valence-electron chi connectivity index (χ0n) is 15.7. The summed E-state index contributed by atoms with van der Waals surface area (Å²) in [6, 6.07) is 2.07. The van der Waals surface area contributed by atoms with Crippen molar-refractivity contribution >= 4 is 22.9 Å². The van der Waals surface area contributed by atoms with E-state index in [0.29, 0.717) is 17.8 Å². The molecule has 0 radical (unpaired) electrons. The molecule has 1 atom stereocenters. The molecule has 6 nitrogen and oxygen atoms in total. The minimum atomic E-state index is -4.99. The van der Waals surface area contributed by atoms with Crippen molar-refractivity contribution in [3.05, 3.63) is 48.0 Å². The number of carbonyl (C=O) groups excluding carboxylic acids is 1. The van der Waals surface area contributed by atoms with Crippen LogP contribution in [0.3, 0.4) is 0 Å². The van der Waals surface area contributed by atoms with Crippen LogP contribution < -0.4 is 5.32 Å². The first-order valence-electron chi connectivity index (χ1n) is 8.99. The van der Waals surface area contributed by atoms with Crippen LogP contribution in [0.2, 0.25) is 0 Å². The van der Waals surface area contributed by atoms with Gasteiger partial charge in [-0.2, -0.15) is 32.1 Å². The third-order valence-corrected chi connectivity index (χ3v) is 6.31. The molecule has 1 aromatic carbocycles. The molecule has 1 unspecified atom stereocenters. The first-order valence-corrected chi connectivity index (χ1v) is 10.1. The molecule has 1 aliphatic rings. The van der Waals surface area contributed by atoms with Gasteiger partial charge in [0.25, 0.3) is 0 Å². The fraction of sp³-hybridized carbons (Fsp3) is 0.389. The highest BCUT2D eigenvalue weighted by atomic mass is 32.2. The number of amides is 2. The van der Waals surface area contributed by atoms with Crippen molar-refractivity contribution in [2.24, 2.45) is 5.92 Å². The number of urea groups is 1. The minimum absolute atomic E-state index is 0.0524. The van der Waals surface area contributed by atoms with E-state index in [0.717, 1.165) is 0 Å². The fourth-order valence-corrected chi connectivity index (χ4v) is 4.39. The largest absolute Gasteiger partial charge is 0.607 e. The van der Waals surface area contributed by atoms with Gasteiger partial charge < -0.3 is 14.8 Å². The maximum atomic E-state index is 14.8. The quantitative estimate of drug-likeness (QED) is 0.539. The molecule has 13 heteroatoms. The number of likely N-dealkylation sites (tertiary alicyclic amines) is 1. The van der Waals surface area contributed by atoms with E-state index >= 15 is 0 Å². The number of anilines is 1. The molecular formula is C18H16F6N4O2S. The van der Waals surface area contributed by atoms with E-state index in [-0.39, 0.29) is 32.0 Å². The molecule has 1 aromatic heterocycles. The van der Waals surface area contributed by atoms with Gasteiger partial charge in [0.2, 0.25) is 0 Å². The molecule has 0 saturated carbocycles. The van der Waals surface area contributed by atoms with Crippen LogP contribution in [0.4, 0.5) is 36.8 Å². The minimum Gasteiger partial charge on any atom is -0.607 e. The smallest absolute Gasteiger partial charge is 0.419 e. The molecule has 0 aliphatic carbocycles. The molecule has 1 fully saturated rings. The Kier molecular flexibility index (Phi) is 6.65. The van der Waals surface area contributed by atoms with Gasteiger partial charge in [0.15, 0.2) is 4.90 Å². The number of nitrogens with one attached hydrogen (secondary N) is 1. The van der Waals surface area contributed by atoms with Crippen molar-refractivity contribution in [3.63, 3.8) is 0 Å². The standard InChI is InChI=1S/C18H16F6N4O2S/c19-15-9-13(1-2-14(15)17(20,21)22)31(30)18(23,24)11-4-7-28(8-5-11)16(29)27-12-3-6-25-26-10-12/h1-3,6,9-11H,4-5,7-8H2,(H,25,27,29). The molecule has 2 amide bonds. The van der Waals surface area contributed by atoms with E-state index < -0.39 is 50.8 Å². The van der Waals surface area contributed by atoms with Crippen LogP contribution in [-0.2, 0) is 17.4 Å². The van der Waals surface area contributed by atoms with Crippen molar-refractivity contribution in [2.75, 3.05) is 18.4 Å². The number of nitrogens with zero attached hydrogens (tertiary/aromatic N) is 3. The lowest BCUT2D eigenvalue weighted by Crippen LogP contribution is -2.47. The Bertz CT molecular complexity index is 923. The number of carbonyl (C=O) groups is 1. The zero-order chi connectivity index (χ0) is 22.8. The molecule has 2 aromatic rings. The molecule has 1 aliphatic heterocycles. The second kappa shape index (κ2) is 8.91. The van der Waals surface area contributed by atoms with Crippen LogP contribution in [-0.4, -0.2) is 44.0 Å². The van der Waals surface area contributed by atoms with Crippen LogP contribution in [0.15, 0.2) is 41.6 Å². The molecule has 2 heterocycles. The number of aromatic nitrogens is 2. The number of alkyl halides is 5. The van der Waals surface area contributed by atoms with Crippen molar-refractivity contribution in [1.82, 2.24) is 15.1 Å². The van der Waals surface area contributed by atoms with Crippen molar-refractivity contribution in [2.45, 2.75) is 29.2 Å². The Morgan fingerprint density at radius 2 is 1.81 bits per heavy atom. The predicted molar refractivity (Wildman–Crippen MR) is 98.1 cm³/mol. The van der Waals surface area contributed by atoms with Gasteiger partial charge in [0.1, 0.15) is 5.82 Å². The van der Waals surface area contributed by atoms with Gasteiger partial charge in [0, 0.05) is 19.2 Å². The molecule has 168 valence electrons. The van der Waals surface area contributed by atoms with E-state index in [2.05, 4.69) is 15.5 Å². The second-order valence-electron chi connectivity index (χ2n) is 6.79. The molecule has 0 bridgehead atoms. The molecule has 1 saturated heterocycles. The Balaban J connectivity index is 1.64. The fourth-order valence-electron chi connectivity index (χ4n) is 3.14. The summed E-state index contributed by atoms with van der Waals surface area (Å²) in [7, 11) is 0. The van der Waals surface area contributed by atoms with Crippen LogP contribution in [0.5, 0.6) is 0 Å². The van der Waals surface area contributed by atoms with E-state index in [9.17, 15) is 35.7 Å². The topological polar surface area (TPSA) is 81.2 Å². The average Bonchev–Trinajstić information content (AvgIpc) is 2.73. The molecule has 0 spiro atoms. The highest BCUT2D eigenvalue weighted by Gasteiger charge is 2.53. The first kappa shape index (κ1) is 23.1. The van der Waals surface area contributed by atoms with Crippen LogP contribution in [0.25, 0.3) is 0 Å². The lowest BCUT2D eigenvalue weighted by atomic mass is 9.97. The Hall–Kier alpha value is -2.54. The van der Waals surface area contributed by atoms with Gasteiger partial charge in [-0.3, -0.25) is 0 Å². The normalized spacial score (nSPS) is 16.8. The SMILES string of the molecule is O=C(Nc1ccnnc1)N1CCC(C(F)(F)[S+]([O-])c2ccc(C(F)(F)F)c(F)c2)CC1. The maximum absolute atomic E-state index is 14.8. The van der Waals surface area contributed by atoms with Crippen LogP contribution >= 0.6 is 0 Å². The summed E-state index contributed by atoms with van der Waals surface area (Å²) in [4.78, 5) is 12.8. The Labute approximate surface area is 175 Å². The lowest BCUT2D eigenvalue weighted by Gasteiger charge is -2.35. The number of hydrogen-bond acceptors (Lipinski definition) is 4. The number of halogens is 6. The highest BCUT2D eigenvalue weighted by Crippen LogP contribution is 2.42. The van der Waals surface area contributed by atoms with E-state index in [1.807, 2.05) is 0 Å². The first-order chi connectivity index (χ1) is 14.5. The van der Waals surface area contributed by atoms with Crippen LogP contribution in [0.1, 0.15) is 18.4 Å². The summed E-state index contributed by atoms with van der Waals surface area (Å²) in [6.45, 7) is -0.105. The zero-order valence-corrected chi connectivity index (χ0v) is 16.5. The molecular weight excluding hydrogens is 450 g/mol. The van der Waals surface area contributed by atoms with Gasteiger partial charge in [0.05, 0.1) is 40.7 Å². The van der Waals surface area contributed by atoms with E-state index in [4.69, 9.17) is 0 Å². The summed E-state index contributed by atoms with van der Waals surface area (Å²) in [6.07, 6.45) is -2.70. The summed E-state index contributed by atoms with van der Waals surface area (Å²) < 4.78 is 93.5. The second-order valence-corrected chi connectivity index (χ2v) is 8.35. The number of benzene rings is 1. The van der Waals surface area contributed by atoms with Gasteiger partial charge in [-0.1, -0.05) is 0 Å². The monoisotopic (exact) mass is 466 g/mol. The summed E-state index contributed by atoms with van der Waals surface area (Å²) in [5.74, 6) is -3.17. The van der Waals surface area contributed by atoms with E-state index in [1.54, 1.807) is 0 Å². The molecule has 1 N–H and O–H groups in total. The third kappa shape index (κ3) is 5.21. The van der Waals surface area contributed by atoms with Gasteiger partial charge >= 0.3 is 17.5 Å². The number of hydrogen-bond donors (Lipinski definition) is 1. The highest BCUT2D eigenvalue weighted by molar-refractivity contribution is 7.92. The predicted octanol–water partition coefficient (Wildman–Crippen LogP) is 4.28. The van der Waals surface area contributed by atoms with Crippen molar-refractivity contribution < 1.29 is 35.7 Å². The Morgan fingerprint density at radius 3 is 2.35 bits per heavy atom. The summed E-state index contributed by atoms with van der Waals surface area (Å²) in [5.41, 5.74) is -1.25. The van der Waals surface area contributed by atoms with Crippen molar-refractivity contribution in [1.29, 1.82) is 0 Å². The van der Waals surface area contributed by atoms with Gasteiger partial charge in [-0.15, -0.1) is 0 Å². The molecule has 31 heavy (non-hydrogen) atoms. The van der Waals surface area contributed by atoms with Gasteiger partial charge in [-0.05, 0) is 31.0 Å². The third-order valence-electron chi connectivity index (χ3n) is 4.80. The number of piperidine rings is 1. The summed E-state index contributed by atoms with van der Waals surface area (Å²) >= 11 is -3.07. The Morgan fingerprint density at radius 1 is 1.13 bits per heavy atom. The van der Waals surface area contributed by atoms with E-state index in [1.165, 1.54) is 23.4 Å². The van der Waals surface area contributed by atoms with Crippen LogP contribution in [0, 0.1) is 11.7 Å². The molecule has 3 rings (SSSR count). The maximum Gasteiger partial charge on any atom is 0.419 e. The van der Waals surface area contributed by atoms with Crippen molar-refractivity contribution in [3.8, 4) is 0 Å².